The van der Waals surface area contributed by atoms with Crippen LogP contribution in [0.15, 0.2) is 0 Å². The van der Waals surface area contributed by atoms with E-state index in [-0.39, 0.29) is 18.3 Å². The van der Waals surface area contributed by atoms with Crippen LogP contribution in [0.2, 0.25) is 0 Å². The second-order valence-corrected chi connectivity index (χ2v) is 4.86. The van der Waals surface area contributed by atoms with Crippen LogP contribution in [0, 0.1) is 5.92 Å². The van der Waals surface area contributed by atoms with Gasteiger partial charge in [-0.2, -0.15) is 0 Å². The highest BCUT2D eigenvalue weighted by Crippen LogP contribution is 2.14. The summed E-state index contributed by atoms with van der Waals surface area (Å²) in [6, 6.07) is 0.388. The van der Waals surface area contributed by atoms with Crippen molar-refractivity contribution >= 4 is 18.3 Å². The molecule has 102 valence electrons. The van der Waals surface area contributed by atoms with Crippen molar-refractivity contribution in [3.8, 4) is 0 Å². The lowest BCUT2D eigenvalue weighted by molar-refractivity contribution is -0.122. The maximum absolute atomic E-state index is 11.7. The zero-order valence-corrected chi connectivity index (χ0v) is 11.9. The molecular weight excluding hydrogens is 236 g/mol. The summed E-state index contributed by atoms with van der Waals surface area (Å²) >= 11 is 0. The van der Waals surface area contributed by atoms with Gasteiger partial charge >= 0.3 is 0 Å². The van der Waals surface area contributed by atoms with Gasteiger partial charge in [-0.1, -0.05) is 20.3 Å². The monoisotopic (exact) mass is 262 g/mol. The van der Waals surface area contributed by atoms with Crippen molar-refractivity contribution in [2.75, 3.05) is 13.1 Å². The van der Waals surface area contributed by atoms with Crippen LogP contribution in [0.4, 0.5) is 0 Å². The van der Waals surface area contributed by atoms with Gasteiger partial charge in [0.25, 0.3) is 0 Å². The molecule has 0 radical (unpaired) electrons. The van der Waals surface area contributed by atoms with Crippen molar-refractivity contribution in [1.29, 1.82) is 0 Å². The summed E-state index contributed by atoms with van der Waals surface area (Å²) in [5.41, 5.74) is 0. The first-order valence-electron chi connectivity index (χ1n) is 6.76. The molecule has 0 aromatic carbocycles. The molecule has 0 saturated carbocycles. The summed E-state index contributed by atoms with van der Waals surface area (Å²) < 4.78 is 0. The fourth-order valence-electron chi connectivity index (χ4n) is 2.32. The molecule has 4 heteroatoms. The molecule has 0 bridgehead atoms. The Kier molecular flexibility index (Phi) is 9.56. The number of hydrogen-bond acceptors (Lipinski definition) is 2. The Morgan fingerprint density at radius 3 is 2.76 bits per heavy atom. The van der Waals surface area contributed by atoms with Crippen LogP contribution >= 0.6 is 12.4 Å². The van der Waals surface area contributed by atoms with Crippen LogP contribution in [0.25, 0.3) is 0 Å². The predicted molar refractivity (Wildman–Crippen MR) is 74.6 cm³/mol. The molecule has 1 rings (SSSR count). The third kappa shape index (κ3) is 6.89. The molecule has 3 nitrogen and oxygen atoms in total. The largest absolute Gasteiger partial charge is 0.353 e. The Morgan fingerprint density at radius 1 is 1.47 bits per heavy atom. The molecule has 2 atom stereocenters. The van der Waals surface area contributed by atoms with Crippen molar-refractivity contribution in [3.63, 3.8) is 0 Å². The maximum atomic E-state index is 11.7. The summed E-state index contributed by atoms with van der Waals surface area (Å²) in [4.78, 5) is 11.7. The highest BCUT2D eigenvalue weighted by Gasteiger charge is 2.16. The molecule has 1 amide bonds. The molecule has 0 spiro atoms. The van der Waals surface area contributed by atoms with Gasteiger partial charge in [0.05, 0.1) is 0 Å². The summed E-state index contributed by atoms with van der Waals surface area (Å²) in [6.45, 7) is 6.53. The van der Waals surface area contributed by atoms with Gasteiger partial charge in [0.15, 0.2) is 0 Å². The molecule has 0 aromatic rings. The van der Waals surface area contributed by atoms with Crippen LogP contribution < -0.4 is 10.6 Å². The van der Waals surface area contributed by atoms with E-state index < -0.39 is 0 Å². The number of carbonyl (C=O) groups is 1. The minimum atomic E-state index is 0. The maximum Gasteiger partial charge on any atom is 0.220 e. The number of amides is 1. The van der Waals surface area contributed by atoms with Crippen LogP contribution in [-0.2, 0) is 4.79 Å². The normalized spacial score (nSPS) is 20.7. The first-order valence-corrected chi connectivity index (χ1v) is 6.76. The molecule has 1 saturated heterocycles. The minimum absolute atomic E-state index is 0. The van der Waals surface area contributed by atoms with E-state index in [1.54, 1.807) is 0 Å². The van der Waals surface area contributed by atoms with Crippen molar-refractivity contribution < 1.29 is 4.79 Å². The third-order valence-electron chi connectivity index (χ3n) is 3.44. The minimum Gasteiger partial charge on any atom is -0.353 e. The topological polar surface area (TPSA) is 41.1 Å². The second kappa shape index (κ2) is 9.72. The van der Waals surface area contributed by atoms with Gasteiger partial charge in [-0.05, 0) is 44.7 Å². The molecule has 0 aromatic heterocycles. The van der Waals surface area contributed by atoms with Gasteiger partial charge in [0, 0.05) is 12.5 Å². The Bertz CT molecular complexity index is 206. The van der Waals surface area contributed by atoms with E-state index in [1.165, 1.54) is 6.42 Å². The molecular formula is C13H27ClN2O. The van der Waals surface area contributed by atoms with Crippen LogP contribution in [0.3, 0.4) is 0 Å². The van der Waals surface area contributed by atoms with Crippen LogP contribution in [-0.4, -0.2) is 25.0 Å². The average molecular weight is 263 g/mol. The highest BCUT2D eigenvalue weighted by molar-refractivity contribution is 5.85. The number of carbonyl (C=O) groups excluding carboxylic acids is 1. The zero-order chi connectivity index (χ0) is 11.8. The Hall–Kier alpha value is -0.280. The number of hydrogen-bond donors (Lipinski definition) is 2. The van der Waals surface area contributed by atoms with Gasteiger partial charge in [-0.15, -0.1) is 12.4 Å². The Balaban J connectivity index is 0.00000256. The lowest BCUT2D eigenvalue weighted by Gasteiger charge is -2.16. The summed E-state index contributed by atoms with van der Waals surface area (Å²) in [6.07, 6.45) is 6.27. The van der Waals surface area contributed by atoms with Crippen molar-refractivity contribution in [1.82, 2.24) is 10.6 Å². The van der Waals surface area contributed by atoms with Gasteiger partial charge in [-0.3, -0.25) is 4.79 Å². The van der Waals surface area contributed by atoms with E-state index in [0.29, 0.717) is 12.5 Å². The van der Waals surface area contributed by atoms with Crippen molar-refractivity contribution in [3.05, 3.63) is 0 Å². The predicted octanol–water partition coefficient (Wildman–Crippen LogP) is 2.49. The van der Waals surface area contributed by atoms with Gasteiger partial charge in [-0.25, -0.2) is 0 Å². The SMILES string of the molecule is CCCC(CC)NC(=O)CCC1CCNC1.Cl. The summed E-state index contributed by atoms with van der Waals surface area (Å²) in [5, 5.41) is 6.47. The molecule has 1 fully saturated rings. The van der Waals surface area contributed by atoms with E-state index in [9.17, 15) is 4.79 Å². The third-order valence-corrected chi connectivity index (χ3v) is 3.44. The van der Waals surface area contributed by atoms with Gasteiger partial charge in [0.1, 0.15) is 0 Å². The van der Waals surface area contributed by atoms with E-state index in [0.717, 1.165) is 44.7 Å². The first-order chi connectivity index (χ1) is 7.76. The molecule has 0 aliphatic carbocycles. The smallest absolute Gasteiger partial charge is 0.220 e. The Labute approximate surface area is 112 Å². The molecule has 2 unspecified atom stereocenters. The van der Waals surface area contributed by atoms with E-state index in [1.807, 2.05) is 0 Å². The van der Waals surface area contributed by atoms with Crippen LogP contribution in [0.1, 0.15) is 52.4 Å². The molecule has 1 heterocycles. The quantitative estimate of drug-likeness (QED) is 0.740. The lowest BCUT2D eigenvalue weighted by Crippen LogP contribution is -2.34. The number of halogens is 1. The average Bonchev–Trinajstić information content (AvgIpc) is 2.78. The van der Waals surface area contributed by atoms with Gasteiger partial charge < -0.3 is 10.6 Å². The second-order valence-electron chi connectivity index (χ2n) is 4.86. The van der Waals surface area contributed by atoms with E-state index >= 15 is 0 Å². The first kappa shape index (κ1) is 16.7. The fraction of sp³-hybridized carbons (Fsp3) is 0.923. The zero-order valence-electron chi connectivity index (χ0n) is 11.1. The number of rotatable bonds is 7. The van der Waals surface area contributed by atoms with Gasteiger partial charge in [0.2, 0.25) is 5.91 Å². The molecule has 17 heavy (non-hydrogen) atoms. The summed E-state index contributed by atoms with van der Waals surface area (Å²) in [7, 11) is 0. The molecule has 1 aliphatic rings. The van der Waals surface area contributed by atoms with E-state index in [2.05, 4.69) is 24.5 Å². The van der Waals surface area contributed by atoms with Crippen molar-refractivity contribution in [2.24, 2.45) is 5.92 Å². The molecule has 2 N–H and O–H groups in total. The fourth-order valence-corrected chi connectivity index (χ4v) is 2.32. The van der Waals surface area contributed by atoms with Crippen LogP contribution in [0.5, 0.6) is 0 Å². The Morgan fingerprint density at radius 2 is 2.24 bits per heavy atom. The van der Waals surface area contributed by atoms with E-state index in [4.69, 9.17) is 0 Å². The standard InChI is InChI=1S/C13H26N2O.ClH/c1-3-5-12(4-2)15-13(16)7-6-11-8-9-14-10-11;/h11-12,14H,3-10H2,1-2H3,(H,15,16);1H. The highest BCUT2D eigenvalue weighted by atomic mass is 35.5. The van der Waals surface area contributed by atoms with Crippen molar-refractivity contribution in [2.45, 2.75) is 58.4 Å². The number of nitrogens with one attached hydrogen (secondary N) is 2. The molecule has 1 aliphatic heterocycles. The lowest BCUT2D eigenvalue weighted by atomic mass is 10.0. The summed E-state index contributed by atoms with van der Waals surface area (Å²) in [5.74, 6) is 0.962.